The van der Waals surface area contributed by atoms with Crippen molar-refractivity contribution in [1.29, 1.82) is 0 Å². The van der Waals surface area contributed by atoms with Crippen LogP contribution in [0.2, 0.25) is 13.1 Å². The monoisotopic (exact) mass is 160 g/mol. The summed E-state index contributed by atoms with van der Waals surface area (Å²) in [5.41, 5.74) is 0. The van der Waals surface area contributed by atoms with Crippen molar-refractivity contribution in [3.63, 3.8) is 0 Å². The van der Waals surface area contributed by atoms with Crippen LogP contribution >= 0.6 is 0 Å². The van der Waals surface area contributed by atoms with Gasteiger partial charge < -0.3 is 4.74 Å². The summed E-state index contributed by atoms with van der Waals surface area (Å²) < 4.78 is 4.99. The van der Waals surface area contributed by atoms with Gasteiger partial charge in [0.1, 0.15) is 0 Å². The van der Waals surface area contributed by atoms with Gasteiger partial charge in [-0.15, -0.1) is 0 Å². The van der Waals surface area contributed by atoms with Gasteiger partial charge >= 0.3 is 5.97 Å². The van der Waals surface area contributed by atoms with Crippen LogP contribution in [0, 0.1) is 5.92 Å². The fourth-order valence-electron chi connectivity index (χ4n) is 0.415. The fraction of sp³-hybridized carbons (Fsp3) is 0.857. The van der Waals surface area contributed by atoms with Crippen LogP contribution in [0.4, 0.5) is 0 Å². The zero-order chi connectivity index (χ0) is 8.15. The maximum atomic E-state index is 10.8. The molecule has 0 aromatic rings. The molecule has 10 heavy (non-hydrogen) atoms. The Morgan fingerprint density at radius 1 is 1.50 bits per heavy atom. The molecule has 0 aliphatic carbocycles. The highest BCUT2D eigenvalue weighted by molar-refractivity contribution is 6.55. The Hall–Kier alpha value is -0.313. The normalized spacial score (nSPS) is 10.6. The summed E-state index contributed by atoms with van der Waals surface area (Å²) in [5, 5.41) is 0. The van der Waals surface area contributed by atoms with Crippen molar-refractivity contribution >= 4 is 14.8 Å². The summed E-state index contributed by atoms with van der Waals surface area (Å²) in [6.45, 7) is 8.02. The minimum atomic E-state index is -0.711. The van der Waals surface area contributed by atoms with Gasteiger partial charge in [-0.05, 0) is 0 Å². The lowest BCUT2D eigenvalue weighted by Crippen LogP contribution is -2.19. The number of ether oxygens (including phenoxy) is 1. The first kappa shape index (κ1) is 9.69. The number of carbonyl (C=O) groups excluding carboxylic acids is 1. The summed E-state index contributed by atoms with van der Waals surface area (Å²) in [4.78, 5) is 10.8. The van der Waals surface area contributed by atoms with E-state index in [0.29, 0.717) is 6.23 Å². The lowest BCUT2D eigenvalue weighted by Gasteiger charge is -2.07. The van der Waals surface area contributed by atoms with E-state index in [-0.39, 0.29) is 11.9 Å². The van der Waals surface area contributed by atoms with E-state index in [1.54, 1.807) is 0 Å². The second kappa shape index (κ2) is 4.49. The first-order valence-corrected chi connectivity index (χ1v) is 6.83. The van der Waals surface area contributed by atoms with E-state index in [9.17, 15) is 4.79 Å². The minimum absolute atomic E-state index is 0.0211. The molecule has 0 unspecified atom stereocenters. The highest BCUT2D eigenvalue weighted by atomic mass is 28.3. The summed E-state index contributed by atoms with van der Waals surface area (Å²) in [6, 6.07) is 0. The molecule has 0 N–H and O–H groups in total. The van der Waals surface area contributed by atoms with Gasteiger partial charge in [-0.2, -0.15) is 0 Å². The Morgan fingerprint density at radius 3 is 2.30 bits per heavy atom. The molecule has 0 rings (SSSR count). The quantitative estimate of drug-likeness (QED) is 0.458. The van der Waals surface area contributed by atoms with Crippen LogP contribution in [-0.2, 0) is 9.53 Å². The van der Waals surface area contributed by atoms with Crippen molar-refractivity contribution in [2.24, 2.45) is 5.92 Å². The van der Waals surface area contributed by atoms with Crippen LogP contribution in [0.15, 0.2) is 0 Å². The van der Waals surface area contributed by atoms with Gasteiger partial charge in [0.15, 0.2) is 0 Å². The Bertz CT molecular complexity index is 110. The molecule has 0 bridgehead atoms. The van der Waals surface area contributed by atoms with Gasteiger partial charge in [0.25, 0.3) is 0 Å². The molecule has 0 radical (unpaired) electrons. The summed E-state index contributed by atoms with van der Waals surface area (Å²) >= 11 is 0. The predicted octanol–water partition coefficient (Wildman–Crippen LogP) is 1.21. The molecule has 0 aliphatic heterocycles. The molecule has 0 fully saturated rings. The number of hydrogen-bond acceptors (Lipinski definition) is 2. The molecular formula is C7H16O2Si. The second-order valence-corrected chi connectivity index (χ2v) is 6.30. The molecule has 0 aromatic carbocycles. The maximum Gasteiger partial charge on any atom is 0.308 e. The molecule has 0 saturated carbocycles. The van der Waals surface area contributed by atoms with Crippen molar-refractivity contribution in [3.05, 3.63) is 0 Å². The molecule has 0 aliphatic rings. The third-order valence-corrected chi connectivity index (χ3v) is 1.86. The van der Waals surface area contributed by atoms with Gasteiger partial charge in [-0.3, -0.25) is 4.79 Å². The van der Waals surface area contributed by atoms with E-state index in [1.807, 2.05) is 13.8 Å². The van der Waals surface area contributed by atoms with Gasteiger partial charge in [0.2, 0.25) is 0 Å². The largest absolute Gasteiger partial charge is 0.470 e. The number of rotatable bonds is 3. The van der Waals surface area contributed by atoms with Crippen LogP contribution < -0.4 is 0 Å². The predicted molar refractivity (Wildman–Crippen MR) is 44.7 cm³/mol. The Kier molecular flexibility index (Phi) is 4.35. The molecule has 2 nitrogen and oxygen atoms in total. The molecule has 60 valence electrons. The van der Waals surface area contributed by atoms with Crippen LogP contribution in [0.5, 0.6) is 0 Å². The molecule has 3 heteroatoms. The topological polar surface area (TPSA) is 26.3 Å². The SMILES string of the molecule is CC(C)C(=O)OC[SiH](C)C. The van der Waals surface area contributed by atoms with E-state index in [1.165, 1.54) is 0 Å². The first-order chi connectivity index (χ1) is 4.54. The van der Waals surface area contributed by atoms with Gasteiger partial charge in [-0.1, -0.05) is 26.9 Å². The van der Waals surface area contributed by atoms with Gasteiger partial charge in [0.05, 0.1) is 20.9 Å². The van der Waals surface area contributed by atoms with Crippen LogP contribution in [-0.4, -0.2) is 21.0 Å². The standard InChI is InChI=1S/C7H16O2Si/c1-6(2)7(8)9-5-10(3)4/h6,10H,5H2,1-4H3. The average molecular weight is 160 g/mol. The molecule has 0 spiro atoms. The third-order valence-electron chi connectivity index (χ3n) is 1.03. The highest BCUT2D eigenvalue weighted by Crippen LogP contribution is 1.95. The molecule has 0 atom stereocenters. The number of esters is 1. The summed E-state index contributed by atoms with van der Waals surface area (Å²) in [7, 11) is -0.711. The van der Waals surface area contributed by atoms with Gasteiger partial charge in [0, 0.05) is 0 Å². The summed E-state index contributed by atoms with van der Waals surface area (Å²) in [5.74, 6) is -0.0473. The van der Waals surface area contributed by atoms with Crippen molar-refractivity contribution in [1.82, 2.24) is 0 Å². The van der Waals surface area contributed by atoms with Crippen molar-refractivity contribution in [2.75, 3.05) is 6.23 Å². The second-order valence-electron chi connectivity index (χ2n) is 3.18. The molecule has 0 heterocycles. The van der Waals surface area contributed by atoms with E-state index >= 15 is 0 Å². The number of carbonyl (C=O) groups is 1. The minimum Gasteiger partial charge on any atom is -0.470 e. The Labute approximate surface area is 64.2 Å². The van der Waals surface area contributed by atoms with Crippen molar-refractivity contribution in [2.45, 2.75) is 26.9 Å². The molecule has 0 aromatic heterocycles. The number of hydrogen-bond donors (Lipinski definition) is 0. The lowest BCUT2D eigenvalue weighted by molar-refractivity contribution is -0.145. The van der Waals surface area contributed by atoms with Crippen LogP contribution in [0.1, 0.15) is 13.8 Å². The molecule has 0 amide bonds. The van der Waals surface area contributed by atoms with E-state index < -0.39 is 8.80 Å². The molecule has 0 saturated heterocycles. The van der Waals surface area contributed by atoms with E-state index in [4.69, 9.17) is 4.74 Å². The van der Waals surface area contributed by atoms with E-state index in [0.717, 1.165) is 0 Å². The average Bonchev–Trinajstić information content (AvgIpc) is 1.82. The Morgan fingerprint density at radius 2 is 2.00 bits per heavy atom. The van der Waals surface area contributed by atoms with E-state index in [2.05, 4.69) is 13.1 Å². The van der Waals surface area contributed by atoms with Gasteiger partial charge in [-0.25, -0.2) is 0 Å². The first-order valence-electron chi connectivity index (χ1n) is 3.70. The zero-order valence-electron chi connectivity index (χ0n) is 7.18. The summed E-state index contributed by atoms with van der Waals surface area (Å²) in [6.07, 6.45) is 0.678. The highest BCUT2D eigenvalue weighted by Gasteiger charge is 2.08. The third kappa shape index (κ3) is 4.55. The zero-order valence-corrected chi connectivity index (χ0v) is 8.33. The maximum absolute atomic E-state index is 10.8. The van der Waals surface area contributed by atoms with Crippen LogP contribution in [0.25, 0.3) is 0 Å². The smallest absolute Gasteiger partial charge is 0.308 e. The lowest BCUT2D eigenvalue weighted by atomic mass is 10.2. The fourth-order valence-corrected chi connectivity index (χ4v) is 0.913. The molecular weight excluding hydrogens is 144 g/mol. The van der Waals surface area contributed by atoms with Crippen LogP contribution in [0.3, 0.4) is 0 Å². The van der Waals surface area contributed by atoms with Crippen molar-refractivity contribution < 1.29 is 9.53 Å². The Balaban J connectivity index is 3.40. The van der Waals surface area contributed by atoms with Crippen molar-refractivity contribution in [3.8, 4) is 0 Å².